The quantitative estimate of drug-likeness (QED) is 0.411. The molecule has 3 aromatic rings. The first-order valence-electron chi connectivity index (χ1n) is 8.97. The molecule has 0 aliphatic rings. The summed E-state index contributed by atoms with van der Waals surface area (Å²) < 4.78 is 12.1. The number of ether oxygens (including phenoxy) is 2. The number of hydrogen-bond acceptors (Lipinski definition) is 7. The Morgan fingerprint density at radius 1 is 1.23 bits per heavy atom. The maximum atomic E-state index is 12.6. The van der Waals surface area contributed by atoms with Crippen molar-refractivity contribution in [2.24, 2.45) is 0 Å². The second-order valence-corrected chi connectivity index (χ2v) is 6.41. The largest absolute Gasteiger partial charge is 0.493 e. The average molecular weight is 426 g/mol. The fraction of sp³-hybridized carbons (Fsp3) is 0.150. The summed E-state index contributed by atoms with van der Waals surface area (Å²) in [5, 5.41) is 26.7. The van der Waals surface area contributed by atoms with Crippen molar-refractivity contribution in [3.05, 3.63) is 70.5 Å². The number of nitrogens with one attached hydrogen (secondary N) is 1. The zero-order chi connectivity index (χ0) is 22.5. The Hall–Kier alpha value is -4.41. The summed E-state index contributed by atoms with van der Waals surface area (Å²) in [6.07, 6.45) is 2.34. The van der Waals surface area contributed by atoms with Crippen LogP contribution in [0.1, 0.15) is 23.3 Å². The van der Waals surface area contributed by atoms with Gasteiger partial charge in [0.1, 0.15) is 11.8 Å². The number of nitro benzene ring substituents is 1. The Labute approximate surface area is 176 Å². The zero-order valence-electron chi connectivity index (χ0n) is 16.5. The van der Waals surface area contributed by atoms with Crippen LogP contribution in [0.5, 0.6) is 17.2 Å². The molecule has 0 aliphatic carbocycles. The lowest BCUT2D eigenvalue weighted by Gasteiger charge is -2.14. The van der Waals surface area contributed by atoms with Crippen LogP contribution in [0.25, 0.3) is 0 Å². The van der Waals surface area contributed by atoms with Crippen LogP contribution in [-0.4, -0.2) is 38.8 Å². The number of non-ortho nitro benzene ring substituents is 1. The van der Waals surface area contributed by atoms with Gasteiger partial charge >= 0.3 is 5.97 Å². The number of aromatic carboxylic acids is 1. The fourth-order valence-electron chi connectivity index (χ4n) is 2.68. The van der Waals surface area contributed by atoms with E-state index in [4.69, 9.17) is 14.6 Å². The Morgan fingerprint density at radius 3 is 2.55 bits per heavy atom. The van der Waals surface area contributed by atoms with Crippen molar-refractivity contribution in [3.8, 4) is 17.2 Å². The van der Waals surface area contributed by atoms with Gasteiger partial charge in [0.15, 0.2) is 11.5 Å². The van der Waals surface area contributed by atoms with Crippen LogP contribution in [0.4, 0.5) is 11.4 Å². The van der Waals surface area contributed by atoms with Gasteiger partial charge in [0.05, 0.1) is 35.5 Å². The molecule has 31 heavy (non-hydrogen) atoms. The summed E-state index contributed by atoms with van der Waals surface area (Å²) in [5.41, 5.74) is -0.230. The molecule has 2 aromatic carbocycles. The van der Waals surface area contributed by atoms with Crippen LogP contribution in [-0.2, 0) is 4.79 Å². The topological polar surface area (TPSA) is 146 Å². The summed E-state index contributed by atoms with van der Waals surface area (Å²) in [4.78, 5) is 34.3. The molecule has 0 bridgehead atoms. The summed E-state index contributed by atoms with van der Waals surface area (Å²) in [6.45, 7) is 1.51. The highest BCUT2D eigenvalue weighted by atomic mass is 16.6. The second kappa shape index (κ2) is 8.95. The highest BCUT2D eigenvalue weighted by Crippen LogP contribution is 2.34. The number of amides is 1. The number of methoxy groups -OCH3 is 1. The van der Waals surface area contributed by atoms with Gasteiger partial charge < -0.3 is 19.9 Å². The van der Waals surface area contributed by atoms with Crippen molar-refractivity contribution in [2.75, 3.05) is 12.4 Å². The predicted molar refractivity (Wildman–Crippen MR) is 109 cm³/mol. The van der Waals surface area contributed by atoms with E-state index in [-0.39, 0.29) is 22.7 Å². The Bertz CT molecular complexity index is 1140. The number of carboxylic acids is 1. The molecule has 1 heterocycles. The Morgan fingerprint density at radius 2 is 1.94 bits per heavy atom. The number of rotatable bonds is 8. The Kier molecular flexibility index (Phi) is 6.15. The molecule has 0 saturated carbocycles. The first-order valence-corrected chi connectivity index (χ1v) is 8.97. The van der Waals surface area contributed by atoms with Crippen LogP contribution < -0.4 is 14.8 Å². The van der Waals surface area contributed by atoms with Crippen LogP contribution >= 0.6 is 0 Å². The maximum Gasteiger partial charge on any atom is 0.338 e. The standard InChI is InChI=1S/C20H18N4O7/c1-12(23-11-13(10-21-23)20(26)27)19(25)22-14-7-15(24(28)29)9-16(8-14)31-18-6-4-3-5-17(18)30-2/h3-12H,1-2H3,(H,22,25)(H,26,27). The van der Waals surface area contributed by atoms with Gasteiger partial charge in [0, 0.05) is 18.3 Å². The van der Waals surface area contributed by atoms with Gasteiger partial charge in [-0.05, 0) is 19.1 Å². The van der Waals surface area contributed by atoms with E-state index in [0.29, 0.717) is 11.5 Å². The third kappa shape index (κ3) is 4.96. The summed E-state index contributed by atoms with van der Waals surface area (Å²) in [7, 11) is 1.47. The van der Waals surface area contributed by atoms with E-state index in [9.17, 15) is 19.7 Å². The minimum atomic E-state index is -1.17. The number of benzene rings is 2. The molecular formula is C20H18N4O7. The third-order valence-corrected chi connectivity index (χ3v) is 4.29. The summed E-state index contributed by atoms with van der Waals surface area (Å²) >= 11 is 0. The fourth-order valence-corrected chi connectivity index (χ4v) is 2.68. The lowest BCUT2D eigenvalue weighted by molar-refractivity contribution is -0.384. The Balaban J connectivity index is 1.85. The van der Waals surface area contributed by atoms with Crippen molar-refractivity contribution in [3.63, 3.8) is 0 Å². The van der Waals surface area contributed by atoms with Crippen molar-refractivity contribution >= 4 is 23.3 Å². The normalized spacial score (nSPS) is 11.4. The van der Waals surface area contributed by atoms with Crippen molar-refractivity contribution in [2.45, 2.75) is 13.0 Å². The molecular weight excluding hydrogens is 408 g/mol. The molecule has 3 rings (SSSR count). The van der Waals surface area contributed by atoms with E-state index in [1.807, 2.05) is 0 Å². The van der Waals surface area contributed by atoms with E-state index < -0.39 is 22.8 Å². The first-order chi connectivity index (χ1) is 14.8. The summed E-state index contributed by atoms with van der Waals surface area (Å²) in [5.74, 6) is -0.830. The van der Waals surface area contributed by atoms with Gasteiger partial charge in [-0.3, -0.25) is 19.6 Å². The van der Waals surface area contributed by atoms with Gasteiger partial charge in [-0.2, -0.15) is 5.10 Å². The smallest absolute Gasteiger partial charge is 0.338 e. The van der Waals surface area contributed by atoms with Gasteiger partial charge in [-0.15, -0.1) is 0 Å². The molecule has 1 atom stereocenters. The SMILES string of the molecule is COc1ccccc1Oc1cc(NC(=O)C(C)n2cc(C(=O)O)cn2)cc([N+](=O)[O-])c1. The van der Waals surface area contributed by atoms with E-state index in [2.05, 4.69) is 10.4 Å². The lowest BCUT2D eigenvalue weighted by atomic mass is 10.2. The van der Waals surface area contributed by atoms with E-state index in [1.54, 1.807) is 24.3 Å². The maximum absolute atomic E-state index is 12.6. The van der Waals surface area contributed by atoms with E-state index >= 15 is 0 Å². The molecule has 160 valence electrons. The molecule has 11 heteroatoms. The van der Waals surface area contributed by atoms with E-state index in [0.717, 1.165) is 6.20 Å². The molecule has 1 amide bonds. The first kappa shape index (κ1) is 21.3. The van der Waals surface area contributed by atoms with Crippen molar-refractivity contribution in [1.82, 2.24) is 9.78 Å². The monoisotopic (exact) mass is 426 g/mol. The average Bonchev–Trinajstić information content (AvgIpc) is 3.24. The molecule has 1 unspecified atom stereocenters. The highest BCUT2D eigenvalue weighted by molar-refractivity contribution is 5.94. The van der Waals surface area contributed by atoms with Crippen LogP contribution in [0.3, 0.4) is 0 Å². The van der Waals surface area contributed by atoms with Gasteiger partial charge in [-0.1, -0.05) is 12.1 Å². The van der Waals surface area contributed by atoms with Crippen LogP contribution in [0.2, 0.25) is 0 Å². The number of anilines is 1. The number of carbonyl (C=O) groups excluding carboxylic acids is 1. The third-order valence-electron chi connectivity index (χ3n) is 4.29. The van der Waals surface area contributed by atoms with E-state index in [1.165, 1.54) is 43.1 Å². The molecule has 0 spiro atoms. The number of nitro groups is 1. The summed E-state index contributed by atoms with van der Waals surface area (Å²) in [6, 6.07) is 9.74. The molecule has 2 N–H and O–H groups in total. The predicted octanol–water partition coefficient (Wildman–Crippen LogP) is 3.49. The minimum Gasteiger partial charge on any atom is -0.493 e. The van der Waals surface area contributed by atoms with Crippen LogP contribution in [0, 0.1) is 10.1 Å². The number of nitrogens with zero attached hydrogens (tertiary/aromatic N) is 3. The number of carbonyl (C=O) groups is 2. The number of aromatic nitrogens is 2. The molecule has 0 fully saturated rings. The molecule has 0 aliphatic heterocycles. The minimum absolute atomic E-state index is 0.0671. The molecule has 0 radical (unpaired) electrons. The highest BCUT2D eigenvalue weighted by Gasteiger charge is 2.20. The van der Waals surface area contributed by atoms with Crippen molar-refractivity contribution < 1.29 is 29.1 Å². The molecule has 1 aromatic heterocycles. The molecule has 0 saturated heterocycles. The zero-order valence-corrected chi connectivity index (χ0v) is 16.5. The lowest BCUT2D eigenvalue weighted by Crippen LogP contribution is -2.24. The van der Waals surface area contributed by atoms with Crippen molar-refractivity contribution in [1.29, 1.82) is 0 Å². The number of para-hydroxylation sites is 2. The van der Waals surface area contributed by atoms with Gasteiger partial charge in [0.25, 0.3) is 5.69 Å². The van der Waals surface area contributed by atoms with Crippen LogP contribution in [0.15, 0.2) is 54.9 Å². The number of carboxylic acid groups (broad SMARTS) is 1. The van der Waals surface area contributed by atoms with Gasteiger partial charge in [-0.25, -0.2) is 4.79 Å². The van der Waals surface area contributed by atoms with Gasteiger partial charge in [0.2, 0.25) is 5.91 Å². The molecule has 11 nitrogen and oxygen atoms in total. The second-order valence-electron chi connectivity index (χ2n) is 6.41. The number of hydrogen-bond donors (Lipinski definition) is 2.